The van der Waals surface area contributed by atoms with Crippen LogP contribution in [0.3, 0.4) is 0 Å². The van der Waals surface area contributed by atoms with Gasteiger partial charge in [-0.05, 0) is 44.5 Å². The highest BCUT2D eigenvalue weighted by atomic mass is 35.5. The Morgan fingerprint density at radius 2 is 1.92 bits per heavy atom. The van der Waals surface area contributed by atoms with E-state index in [4.69, 9.17) is 21.1 Å². The highest BCUT2D eigenvalue weighted by Gasteiger charge is 2.15. The smallest absolute Gasteiger partial charge is 0.260 e. The first-order valence-corrected chi connectivity index (χ1v) is 8.24. The van der Waals surface area contributed by atoms with E-state index in [-0.39, 0.29) is 5.91 Å². The van der Waals surface area contributed by atoms with Crippen molar-refractivity contribution < 1.29 is 14.3 Å². The molecule has 0 aromatic heterocycles. The van der Waals surface area contributed by atoms with Gasteiger partial charge in [-0.3, -0.25) is 4.79 Å². The summed E-state index contributed by atoms with van der Waals surface area (Å²) >= 11 is 6.00. The first-order valence-electron chi connectivity index (χ1n) is 7.86. The number of benzene rings is 2. The van der Waals surface area contributed by atoms with E-state index in [1.165, 1.54) is 0 Å². The molecule has 1 atom stereocenters. The van der Waals surface area contributed by atoms with E-state index in [0.717, 1.165) is 16.9 Å². The van der Waals surface area contributed by atoms with Gasteiger partial charge < -0.3 is 14.8 Å². The second-order valence-electron chi connectivity index (χ2n) is 5.60. The monoisotopic (exact) mass is 347 g/mol. The van der Waals surface area contributed by atoms with Gasteiger partial charge in [-0.25, -0.2) is 0 Å². The molecular formula is C19H22ClNO3. The molecule has 5 heteroatoms. The van der Waals surface area contributed by atoms with Gasteiger partial charge in [0.05, 0.1) is 11.6 Å². The number of nitrogens with one attached hydrogen (secondary N) is 1. The Kier molecular flexibility index (Phi) is 6.50. The van der Waals surface area contributed by atoms with Crippen molar-refractivity contribution in [3.05, 3.63) is 58.6 Å². The SMILES string of the molecule is Cc1ccc(OC(C)C(=O)NCCOc2ccccc2Cl)c(C)c1. The topological polar surface area (TPSA) is 47.6 Å². The normalized spacial score (nSPS) is 11.7. The summed E-state index contributed by atoms with van der Waals surface area (Å²) in [6.45, 7) is 6.43. The molecular weight excluding hydrogens is 326 g/mol. The van der Waals surface area contributed by atoms with Crippen molar-refractivity contribution in [2.45, 2.75) is 26.9 Å². The maximum atomic E-state index is 12.1. The van der Waals surface area contributed by atoms with Crippen molar-refractivity contribution in [3.63, 3.8) is 0 Å². The van der Waals surface area contributed by atoms with Gasteiger partial charge in [0.2, 0.25) is 0 Å². The number of hydrogen-bond acceptors (Lipinski definition) is 3. The molecule has 2 aromatic rings. The van der Waals surface area contributed by atoms with Crippen LogP contribution in [-0.4, -0.2) is 25.2 Å². The third-order valence-corrected chi connectivity index (χ3v) is 3.81. The third-order valence-electron chi connectivity index (χ3n) is 3.50. The Balaban J connectivity index is 1.76. The number of halogens is 1. The molecule has 0 saturated heterocycles. The molecule has 0 aliphatic rings. The van der Waals surface area contributed by atoms with Crippen LogP contribution in [0.15, 0.2) is 42.5 Å². The Labute approximate surface area is 147 Å². The zero-order valence-electron chi connectivity index (χ0n) is 14.1. The van der Waals surface area contributed by atoms with Gasteiger partial charge >= 0.3 is 0 Å². The van der Waals surface area contributed by atoms with Crippen LogP contribution in [0.5, 0.6) is 11.5 Å². The van der Waals surface area contributed by atoms with E-state index in [1.54, 1.807) is 19.1 Å². The fourth-order valence-corrected chi connectivity index (χ4v) is 2.41. The lowest BCUT2D eigenvalue weighted by atomic mass is 10.1. The maximum absolute atomic E-state index is 12.1. The molecule has 4 nitrogen and oxygen atoms in total. The lowest BCUT2D eigenvalue weighted by molar-refractivity contribution is -0.127. The van der Waals surface area contributed by atoms with Crippen LogP contribution in [0.25, 0.3) is 0 Å². The van der Waals surface area contributed by atoms with E-state index < -0.39 is 6.10 Å². The van der Waals surface area contributed by atoms with Crippen molar-refractivity contribution in [1.82, 2.24) is 5.32 Å². The molecule has 1 N–H and O–H groups in total. The summed E-state index contributed by atoms with van der Waals surface area (Å²) in [4.78, 5) is 12.1. The summed E-state index contributed by atoms with van der Waals surface area (Å²) in [7, 11) is 0. The quantitative estimate of drug-likeness (QED) is 0.772. The Morgan fingerprint density at radius 3 is 2.62 bits per heavy atom. The van der Waals surface area contributed by atoms with Crippen molar-refractivity contribution in [3.8, 4) is 11.5 Å². The average Bonchev–Trinajstić information content (AvgIpc) is 2.55. The van der Waals surface area contributed by atoms with Gasteiger partial charge in [0.1, 0.15) is 18.1 Å². The van der Waals surface area contributed by atoms with Crippen molar-refractivity contribution in [1.29, 1.82) is 0 Å². The summed E-state index contributed by atoms with van der Waals surface area (Å²) in [5, 5.41) is 3.34. The van der Waals surface area contributed by atoms with E-state index in [1.807, 2.05) is 44.2 Å². The molecule has 0 bridgehead atoms. The summed E-state index contributed by atoms with van der Waals surface area (Å²) in [6, 6.07) is 13.1. The van der Waals surface area contributed by atoms with Gasteiger partial charge in [0, 0.05) is 0 Å². The minimum Gasteiger partial charge on any atom is -0.490 e. The van der Waals surface area contributed by atoms with E-state index >= 15 is 0 Å². The number of carbonyl (C=O) groups is 1. The van der Waals surface area contributed by atoms with Gasteiger partial charge in [-0.15, -0.1) is 0 Å². The second kappa shape index (κ2) is 8.60. The molecule has 0 radical (unpaired) electrons. The summed E-state index contributed by atoms with van der Waals surface area (Å²) in [5.41, 5.74) is 2.17. The average molecular weight is 348 g/mol. The zero-order valence-corrected chi connectivity index (χ0v) is 14.9. The van der Waals surface area contributed by atoms with Crippen LogP contribution in [-0.2, 0) is 4.79 Å². The molecule has 0 aliphatic heterocycles. The Morgan fingerprint density at radius 1 is 1.17 bits per heavy atom. The Hall–Kier alpha value is -2.20. The first kappa shape index (κ1) is 18.1. The van der Waals surface area contributed by atoms with Crippen LogP contribution in [0.4, 0.5) is 0 Å². The molecule has 1 unspecified atom stereocenters. The molecule has 2 aromatic carbocycles. The standard InChI is InChI=1S/C19H22ClNO3/c1-13-8-9-17(14(2)12-13)24-15(3)19(22)21-10-11-23-18-7-5-4-6-16(18)20/h4-9,12,15H,10-11H2,1-3H3,(H,21,22). The minimum absolute atomic E-state index is 0.183. The second-order valence-corrected chi connectivity index (χ2v) is 6.01. The minimum atomic E-state index is -0.577. The Bertz CT molecular complexity index is 703. The number of hydrogen-bond donors (Lipinski definition) is 1. The van der Waals surface area contributed by atoms with Gasteiger partial charge in [-0.1, -0.05) is 41.4 Å². The highest BCUT2D eigenvalue weighted by Crippen LogP contribution is 2.23. The fourth-order valence-electron chi connectivity index (χ4n) is 2.22. The summed E-state index contributed by atoms with van der Waals surface area (Å²) < 4.78 is 11.3. The number of rotatable bonds is 7. The molecule has 24 heavy (non-hydrogen) atoms. The van der Waals surface area contributed by atoms with Crippen LogP contribution >= 0.6 is 11.6 Å². The lowest BCUT2D eigenvalue weighted by Gasteiger charge is -2.16. The van der Waals surface area contributed by atoms with Crippen LogP contribution < -0.4 is 14.8 Å². The zero-order chi connectivity index (χ0) is 17.5. The number of ether oxygens (including phenoxy) is 2. The molecule has 0 saturated carbocycles. The molecule has 0 fully saturated rings. The van der Waals surface area contributed by atoms with Gasteiger partial charge in [0.15, 0.2) is 6.10 Å². The van der Waals surface area contributed by atoms with E-state index in [9.17, 15) is 4.79 Å². The summed E-state index contributed by atoms with van der Waals surface area (Å²) in [5.74, 6) is 1.14. The molecule has 0 aliphatic carbocycles. The molecule has 2 rings (SSSR count). The largest absolute Gasteiger partial charge is 0.490 e. The number of aryl methyl sites for hydroxylation is 2. The van der Waals surface area contributed by atoms with E-state index in [0.29, 0.717) is 23.9 Å². The molecule has 1 amide bonds. The van der Waals surface area contributed by atoms with Crippen LogP contribution in [0.1, 0.15) is 18.1 Å². The third kappa shape index (κ3) is 5.17. The van der Waals surface area contributed by atoms with Crippen molar-refractivity contribution in [2.24, 2.45) is 0 Å². The van der Waals surface area contributed by atoms with Crippen LogP contribution in [0, 0.1) is 13.8 Å². The van der Waals surface area contributed by atoms with Crippen molar-refractivity contribution in [2.75, 3.05) is 13.2 Å². The predicted octanol–water partition coefficient (Wildman–Crippen LogP) is 3.92. The molecule has 0 spiro atoms. The maximum Gasteiger partial charge on any atom is 0.260 e. The van der Waals surface area contributed by atoms with Gasteiger partial charge in [0.25, 0.3) is 5.91 Å². The number of para-hydroxylation sites is 1. The molecule has 128 valence electrons. The number of carbonyl (C=O) groups excluding carboxylic acids is 1. The fraction of sp³-hybridized carbons (Fsp3) is 0.316. The van der Waals surface area contributed by atoms with Gasteiger partial charge in [-0.2, -0.15) is 0 Å². The first-order chi connectivity index (χ1) is 11.5. The van der Waals surface area contributed by atoms with Crippen LogP contribution in [0.2, 0.25) is 5.02 Å². The summed E-state index contributed by atoms with van der Waals surface area (Å²) in [6.07, 6.45) is -0.577. The van der Waals surface area contributed by atoms with E-state index in [2.05, 4.69) is 5.32 Å². The predicted molar refractivity (Wildman–Crippen MR) is 96.0 cm³/mol. The van der Waals surface area contributed by atoms with Crippen molar-refractivity contribution >= 4 is 17.5 Å². The molecule has 0 heterocycles. The lowest BCUT2D eigenvalue weighted by Crippen LogP contribution is -2.38. The number of amides is 1. The highest BCUT2D eigenvalue weighted by molar-refractivity contribution is 6.32.